The number of aliphatic hydroxyl groups is 1. The molecular weight excluding hydrogens is 198 g/mol. The first-order valence-electron chi connectivity index (χ1n) is 4.50. The Morgan fingerprint density at radius 1 is 1.40 bits per heavy atom. The summed E-state index contributed by atoms with van der Waals surface area (Å²) in [4.78, 5) is 21.5. The van der Waals surface area contributed by atoms with E-state index in [9.17, 15) is 9.59 Å². The van der Waals surface area contributed by atoms with Crippen LogP contribution in [0.1, 0.15) is 19.3 Å². The number of carbonyl (C=O) groups is 2. The Morgan fingerprint density at radius 2 is 2.07 bits per heavy atom. The van der Waals surface area contributed by atoms with Crippen LogP contribution < -0.4 is 0 Å². The maximum atomic E-state index is 10.9. The maximum absolute atomic E-state index is 10.9. The van der Waals surface area contributed by atoms with Crippen LogP contribution in [0.15, 0.2) is 12.2 Å². The molecule has 15 heavy (non-hydrogen) atoms. The van der Waals surface area contributed by atoms with E-state index in [1.807, 2.05) is 0 Å². The van der Waals surface area contributed by atoms with Crippen molar-refractivity contribution in [3.05, 3.63) is 12.2 Å². The molecule has 0 aromatic carbocycles. The van der Waals surface area contributed by atoms with E-state index in [2.05, 4.69) is 11.3 Å². The summed E-state index contributed by atoms with van der Waals surface area (Å²) in [6, 6.07) is 1.58. The highest BCUT2D eigenvalue weighted by Crippen LogP contribution is 1.99. The van der Waals surface area contributed by atoms with Gasteiger partial charge in [0.1, 0.15) is 18.2 Å². The summed E-state index contributed by atoms with van der Waals surface area (Å²) >= 11 is 0. The molecule has 0 bridgehead atoms. The van der Waals surface area contributed by atoms with Crippen LogP contribution in [0.2, 0.25) is 0 Å². The predicted octanol–water partition coefficient (Wildman–Crippen LogP) is 0.341. The molecule has 0 saturated heterocycles. The lowest BCUT2D eigenvalue weighted by Gasteiger charge is -2.02. The van der Waals surface area contributed by atoms with Crippen LogP contribution >= 0.6 is 0 Å². The molecule has 0 saturated carbocycles. The molecular formula is C10H13NO4. The van der Waals surface area contributed by atoms with Gasteiger partial charge in [0, 0.05) is 6.42 Å². The van der Waals surface area contributed by atoms with Gasteiger partial charge in [0.25, 0.3) is 0 Å². The van der Waals surface area contributed by atoms with Crippen molar-refractivity contribution in [2.24, 2.45) is 0 Å². The third kappa shape index (κ3) is 6.41. The zero-order valence-electron chi connectivity index (χ0n) is 8.36. The van der Waals surface area contributed by atoms with Gasteiger partial charge >= 0.3 is 5.97 Å². The van der Waals surface area contributed by atoms with Crippen molar-refractivity contribution in [1.82, 2.24) is 0 Å². The quantitative estimate of drug-likeness (QED) is 0.284. The number of unbranched alkanes of at least 4 members (excludes halogenated alkanes) is 1. The van der Waals surface area contributed by atoms with E-state index in [0.717, 1.165) is 0 Å². The van der Waals surface area contributed by atoms with Crippen molar-refractivity contribution in [3.8, 4) is 6.07 Å². The maximum Gasteiger partial charge on any atom is 0.348 e. The summed E-state index contributed by atoms with van der Waals surface area (Å²) in [5.74, 6) is -0.964. The molecule has 0 heterocycles. The average molecular weight is 211 g/mol. The molecule has 0 aliphatic carbocycles. The fraction of sp³-hybridized carbons (Fsp3) is 0.500. The summed E-state index contributed by atoms with van der Waals surface area (Å²) in [6.07, 6.45) is 1.34. The summed E-state index contributed by atoms with van der Waals surface area (Å²) in [5, 5.41) is 16.7. The Labute approximate surface area is 88.0 Å². The van der Waals surface area contributed by atoms with E-state index in [0.29, 0.717) is 12.8 Å². The van der Waals surface area contributed by atoms with Gasteiger partial charge in [-0.05, 0) is 12.8 Å². The van der Waals surface area contributed by atoms with E-state index in [1.54, 1.807) is 6.07 Å². The normalized spacial score (nSPS) is 9.07. The Morgan fingerprint density at radius 3 is 2.60 bits per heavy atom. The number of hydrogen-bond donors (Lipinski definition) is 1. The van der Waals surface area contributed by atoms with Crippen molar-refractivity contribution in [2.45, 2.75) is 19.3 Å². The molecule has 5 heteroatoms. The molecule has 1 N–H and O–H groups in total. The number of rotatable bonds is 7. The standard InChI is InChI=1S/C10H13NO4/c1-8(6-11)10(14)15-5-3-2-4-9(13)7-12/h12H,1-5,7H2. The lowest BCUT2D eigenvalue weighted by atomic mass is 10.2. The summed E-state index contributed by atoms with van der Waals surface area (Å²) in [5.41, 5.74) is -0.235. The number of aliphatic hydroxyl groups excluding tert-OH is 1. The molecule has 5 nitrogen and oxygen atoms in total. The molecule has 0 aromatic rings. The number of hydrogen-bond acceptors (Lipinski definition) is 5. The zero-order valence-corrected chi connectivity index (χ0v) is 8.36. The SMILES string of the molecule is C=C(C#N)C(=O)OCCCCC(=O)CO. The monoisotopic (exact) mass is 211 g/mol. The third-order valence-electron chi connectivity index (χ3n) is 1.64. The van der Waals surface area contributed by atoms with Gasteiger partial charge in [-0.2, -0.15) is 5.26 Å². The minimum absolute atomic E-state index is 0.151. The van der Waals surface area contributed by atoms with Crippen LogP contribution in [0, 0.1) is 11.3 Å². The van der Waals surface area contributed by atoms with Gasteiger partial charge < -0.3 is 9.84 Å². The lowest BCUT2D eigenvalue weighted by molar-refractivity contribution is -0.138. The van der Waals surface area contributed by atoms with Crippen LogP contribution in [0.4, 0.5) is 0 Å². The Balaban J connectivity index is 3.48. The van der Waals surface area contributed by atoms with Crippen LogP contribution in [-0.4, -0.2) is 30.1 Å². The highest BCUT2D eigenvalue weighted by Gasteiger charge is 2.06. The number of nitrogens with zero attached hydrogens (tertiary/aromatic N) is 1. The minimum Gasteiger partial charge on any atom is -0.462 e. The second-order valence-electron chi connectivity index (χ2n) is 2.88. The van der Waals surface area contributed by atoms with Gasteiger partial charge in [-0.3, -0.25) is 4.79 Å². The molecule has 0 aliphatic heterocycles. The van der Waals surface area contributed by atoms with Gasteiger partial charge in [0.15, 0.2) is 5.78 Å². The topological polar surface area (TPSA) is 87.4 Å². The Bertz CT molecular complexity index is 290. The fourth-order valence-electron chi connectivity index (χ4n) is 0.801. The number of Topliss-reactive ketones (excluding diaryl/α,β-unsaturated/α-hetero) is 1. The second kappa shape index (κ2) is 7.71. The van der Waals surface area contributed by atoms with Crippen molar-refractivity contribution in [2.75, 3.05) is 13.2 Å². The Kier molecular flexibility index (Phi) is 6.85. The van der Waals surface area contributed by atoms with Crippen LogP contribution in [0.5, 0.6) is 0 Å². The van der Waals surface area contributed by atoms with Crippen molar-refractivity contribution in [3.63, 3.8) is 0 Å². The highest BCUT2D eigenvalue weighted by atomic mass is 16.5. The van der Waals surface area contributed by atoms with E-state index in [4.69, 9.17) is 10.4 Å². The van der Waals surface area contributed by atoms with Gasteiger partial charge in [-0.25, -0.2) is 4.79 Å². The summed E-state index contributed by atoms with van der Waals surface area (Å²) in [6.45, 7) is 2.89. The molecule has 0 fully saturated rings. The molecule has 0 atom stereocenters. The predicted molar refractivity (Wildman–Crippen MR) is 51.7 cm³/mol. The lowest BCUT2D eigenvalue weighted by Crippen LogP contribution is -2.08. The van der Waals surface area contributed by atoms with Gasteiger partial charge in [0.05, 0.1) is 6.61 Å². The Hall–Kier alpha value is -1.67. The minimum atomic E-state index is -0.731. The fourth-order valence-corrected chi connectivity index (χ4v) is 0.801. The van der Waals surface area contributed by atoms with E-state index in [1.165, 1.54) is 0 Å². The average Bonchev–Trinajstić information content (AvgIpc) is 2.26. The molecule has 0 amide bonds. The van der Waals surface area contributed by atoms with E-state index < -0.39 is 12.6 Å². The number of ether oxygens (including phenoxy) is 1. The summed E-state index contributed by atoms with van der Waals surface area (Å²) in [7, 11) is 0. The molecule has 0 radical (unpaired) electrons. The van der Waals surface area contributed by atoms with Crippen LogP contribution in [0.3, 0.4) is 0 Å². The van der Waals surface area contributed by atoms with Gasteiger partial charge in [0.2, 0.25) is 0 Å². The van der Waals surface area contributed by atoms with Crippen molar-refractivity contribution < 1.29 is 19.4 Å². The van der Waals surface area contributed by atoms with Crippen LogP contribution in [0.25, 0.3) is 0 Å². The van der Waals surface area contributed by atoms with E-state index >= 15 is 0 Å². The van der Waals surface area contributed by atoms with Gasteiger partial charge in [-0.15, -0.1) is 0 Å². The van der Waals surface area contributed by atoms with E-state index in [-0.39, 0.29) is 24.4 Å². The molecule has 0 rings (SSSR count). The summed E-state index contributed by atoms with van der Waals surface area (Å²) < 4.78 is 4.68. The first kappa shape index (κ1) is 13.3. The first-order valence-corrected chi connectivity index (χ1v) is 4.50. The smallest absolute Gasteiger partial charge is 0.348 e. The third-order valence-corrected chi connectivity index (χ3v) is 1.64. The number of carbonyl (C=O) groups excluding carboxylic acids is 2. The first-order chi connectivity index (χ1) is 7.11. The number of ketones is 1. The number of nitriles is 1. The molecule has 0 unspecified atom stereocenters. The molecule has 0 spiro atoms. The zero-order chi connectivity index (χ0) is 11.7. The van der Waals surface area contributed by atoms with Crippen LogP contribution in [-0.2, 0) is 14.3 Å². The second-order valence-corrected chi connectivity index (χ2v) is 2.88. The number of esters is 1. The molecule has 82 valence electrons. The molecule has 0 aliphatic rings. The highest BCUT2D eigenvalue weighted by molar-refractivity contribution is 5.91. The van der Waals surface area contributed by atoms with Crippen molar-refractivity contribution >= 4 is 11.8 Å². The van der Waals surface area contributed by atoms with Gasteiger partial charge in [-0.1, -0.05) is 6.58 Å². The van der Waals surface area contributed by atoms with Crippen molar-refractivity contribution in [1.29, 1.82) is 5.26 Å². The molecule has 0 aromatic heterocycles. The largest absolute Gasteiger partial charge is 0.462 e.